The number of ether oxygens (including phenoxy) is 1. The van der Waals surface area contributed by atoms with E-state index in [1.807, 2.05) is 6.92 Å². The van der Waals surface area contributed by atoms with Gasteiger partial charge in [0.2, 0.25) is 10.0 Å². The lowest BCUT2D eigenvalue weighted by Gasteiger charge is -2.18. The van der Waals surface area contributed by atoms with Gasteiger partial charge in [-0.25, -0.2) is 17.5 Å². The van der Waals surface area contributed by atoms with Crippen LogP contribution in [-0.4, -0.2) is 44.8 Å². The number of carbonyl (C=O) groups excluding carboxylic acids is 2. The molecule has 0 spiro atoms. The van der Waals surface area contributed by atoms with Crippen molar-refractivity contribution in [2.75, 3.05) is 25.5 Å². The lowest BCUT2D eigenvalue weighted by Crippen LogP contribution is -2.28. The summed E-state index contributed by atoms with van der Waals surface area (Å²) in [5.41, 5.74) is 1.75. The number of carbonyl (C=O) groups is 2. The molecule has 9 heteroatoms. The Kier molecular flexibility index (Phi) is 8.31. The normalized spacial score (nSPS) is 15.8. The van der Waals surface area contributed by atoms with Crippen LogP contribution in [0.15, 0.2) is 29.2 Å². The highest BCUT2D eigenvalue weighted by Crippen LogP contribution is 2.40. The van der Waals surface area contributed by atoms with E-state index in [0.29, 0.717) is 28.6 Å². The third-order valence-electron chi connectivity index (χ3n) is 5.87. The number of benzene rings is 1. The molecule has 1 heterocycles. The van der Waals surface area contributed by atoms with E-state index in [2.05, 4.69) is 12.2 Å². The van der Waals surface area contributed by atoms with E-state index >= 15 is 0 Å². The lowest BCUT2D eigenvalue weighted by atomic mass is 9.88. The Morgan fingerprint density at radius 3 is 2.55 bits per heavy atom. The number of thiophene rings is 1. The number of esters is 1. The summed E-state index contributed by atoms with van der Waals surface area (Å²) in [4.78, 5) is 26.9. The highest BCUT2D eigenvalue weighted by Gasteiger charge is 2.29. The Hall–Kier alpha value is -2.23. The number of hydrogen-bond donors (Lipinski definition) is 1. The fourth-order valence-electron chi connectivity index (χ4n) is 3.89. The number of nitrogens with one attached hydrogen (secondary N) is 1. The third-order valence-corrected chi connectivity index (χ3v) is 8.91. The predicted octanol–water partition coefficient (Wildman–Crippen LogP) is 4.72. The molecule has 1 aliphatic carbocycles. The smallest absolute Gasteiger partial charge is 0.341 e. The summed E-state index contributed by atoms with van der Waals surface area (Å²) in [6.45, 7) is 6.65. The summed E-state index contributed by atoms with van der Waals surface area (Å²) < 4.78 is 32.0. The first kappa shape index (κ1) is 25.4. The molecular weight excluding hydrogens is 460 g/mol. The molecule has 1 amide bonds. The molecule has 0 saturated carbocycles. The second kappa shape index (κ2) is 10.8. The van der Waals surface area contributed by atoms with E-state index in [-0.39, 0.29) is 11.5 Å². The van der Waals surface area contributed by atoms with Gasteiger partial charge in [-0.15, -0.1) is 11.3 Å². The van der Waals surface area contributed by atoms with Crippen LogP contribution >= 0.6 is 11.3 Å². The molecule has 1 aliphatic rings. The second-order valence-electron chi connectivity index (χ2n) is 8.43. The molecule has 1 aromatic heterocycles. The number of rotatable bonds is 9. The van der Waals surface area contributed by atoms with Crippen molar-refractivity contribution in [2.24, 2.45) is 5.92 Å². The van der Waals surface area contributed by atoms with Gasteiger partial charge in [-0.3, -0.25) is 4.79 Å². The van der Waals surface area contributed by atoms with Gasteiger partial charge >= 0.3 is 5.97 Å². The van der Waals surface area contributed by atoms with Crippen LogP contribution in [0.1, 0.15) is 71.2 Å². The average molecular weight is 493 g/mol. The van der Waals surface area contributed by atoms with Crippen LogP contribution in [-0.2, 0) is 27.6 Å². The molecule has 0 fully saturated rings. The third kappa shape index (κ3) is 5.65. The summed E-state index contributed by atoms with van der Waals surface area (Å²) in [5.74, 6) is -0.286. The van der Waals surface area contributed by atoms with Gasteiger partial charge in [0, 0.05) is 24.0 Å². The average Bonchev–Trinajstić information content (AvgIpc) is 3.14. The molecule has 1 aromatic carbocycles. The summed E-state index contributed by atoms with van der Waals surface area (Å²) in [6, 6.07) is 5.88. The fourth-order valence-corrected chi connectivity index (χ4v) is 6.50. The Morgan fingerprint density at radius 2 is 1.91 bits per heavy atom. The van der Waals surface area contributed by atoms with Gasteiger partial charge in [0.05, 0.1) is 17.1 Å². The number of fused-ring (bicyclic) bond motifs is 1. The molecule has 0 saturated heterocycles. The molecule has 0 radical (unpaired) electrons. The standard InChI is InChI=1S/C24H32N2O5S2/c1-5-7-14-26(4)33(29,30)18-11-9-17(10-12-18)22(27)25-23-21(24(28)31-6-2)19-13-8-16(3)15-20(19)32-23/h9-12,16H,5-8,13-15H2,1-4H3,(H,25,27). The highest BCUT2D eigenvalue weighted by molar-refractivity contribution is 7.89. The minimum Gasteiger partial charge on any atom is -0.462 e. The first-order chi connectivity index (χ1) is 15.7. The molecule has 0 aliphatic heterocycles. The van der Waals surface area contributed by atoms with E-state index in [1.54, 1.807) is 14.0 Å². The van der Waals surface area contributed by atoms with Crippen LogP contribution in [0.25, 0.3) is 0 Å². The molecule has 7 nitrogen and oxygen atoms in total. The molecule has 1 atom stereocenters. The molecule has 1 unspecified atom stereocenters. The molecular formula is C24H32N2O5S2. The SMILES string of the molecule is CCCCN(C)S(=O)(=O)c1ccc(C(=O)Nc2sc3c(c2C(=O)OCC)CCC(C)C3)cc1. The number of nitrogens with zero attached hydrogens (tertiary/aromatic N) is 1. The van der Waals surface area contributed by atoms with E-state index in [0.717, 1.165) is 42.5 Å². The Morgan fingerprint density at radius 1 is 1.21 bits per heavy atom. The number of anilines is 1. The van der Waals surface area contributed by atoms with Crippen molar-refractivity contribution in [1.82, 2.24) is 4.31 Å². The Bertz CT molecular complexity index is 1110. The summed E-state index contributed by atoms with van der Waals surface area (Å²) in [7, 11) is -2.04. The zero-order valence-electron chi connectivity index (χ0n) is 19.6. The number of hydrogen-bond acceptors (Lipinski definition) is 6. The van der Waals surface area contributed by atoms with Crippen molar-refractivity contribution in [3.63, 3.8) is 0 Å². The van der Waals surface area contributed by atoms with Crippen molar-refractivity contribution in [1.29, 1.82) is 0 Å². The highest BCUT2D eigenvalue weighted by atomic mass is 32.2. The molecule has 2 aromatic rings. The first-order valence-electron chi connectivity index (χ1n) is 11.4. The van der Waals surface area contributed by atoms with E-state index in [4.69, 9.17) is 4.74 Å². The molecule has 0 bridgehead atoms. The Balaban J connectivity index is 1.82. The van der Waals surface area contributed by atoms with Gasteiger partial charge in [0.1, 0.15) is 5.00 Å². The summed E-state index contributed by atoms with van der Waals surface area (Å²) in [6.07, 6.45) is 4.34. The van der Waals surface area contributed by atoms with Crippen molar-refractivity contribution >= 4 is 38.2 Å². The Labute approximate surface area is 200 Å². The fraction of sp³-hybridized carbons (Fsp3) is 0.500. The maximum absolute atomic E-state index is 12.9. The number of amides is 1. The van der Waals surface area contributed by atoms with Gasteiger partial charge in [-0.1, -0.05) is 20.3 Å². The van der Waals surface area contributed by atoms with Crippen LogP contribution in [0.3, 0.4) is 0 Å². The largest absolute Gasteiger partial charge is 0.462 e. The van der Waals surface area contributed by atoms with Gasteiger partial charge < -0.3 is 10.1 Å². The van der Waals surface area contributed by atoms with E-state index in [9.17, 15) is 18.0 Å². The topological polar surface area (TPSA) is 92.8 Å². The van der Waals surface area contributed by atoms with Crippen molar-refractivity contribution < 1.29 is 22.7 Å². The number of sulfonamides is 1. The summed E-state index contributed by atoms with van der Waals surface area (Å²) >= 11 is 1.43. The van der Waals surface area contributed by atoms with Crippen LogP contribution in [0.4, 0.5) is 5.00 Å². The first-order valence-corrected chi connectivity index (χ1v) is 13.6. The maximum atomic E-state index is 12.9. The van der Waals surface area contributed by atoms with Gasteiger partial charge in [-0.2, -0.15) is 0 Å². The van der Waals surface area contributed by atoms with E-state index in [1.165, 1.54) is 39.9 Å². The monoisotopic (exact) mass is 492 g/mol. The van der Waals surface area contributed by atoms with Gasteiger partial charge in [-0.05, 0) is 68.4 Å². The van der Waals surface area contributed by atoms with E-state index < -0.39 is 21.9 Å². The molecule has 3 rings (SSSR count). The quantitative estimate of drug-likeness (QED) is 0.511. The van der Waals surface area contributed by atoms with Gasteiger partial charge in [0.15, 0.2) is 0 Å². The van der Waals surface area contributed by atoms with Crippen LogP contribution < -0.4 is 5.32 Å². The zero-order valence-corrected chi connectivity index (χ0v) is 21.3. The maximum Gasteiger partial charge on any atom is 0.341 e. The molecule has 180 valence electrons. The number of unbranched alkanes of at least 4 members (excludes halogenated alkanes) is 1. The lowest BCUT2D eigenvalue weighted by molar-refractivity contribution is 0.0526. The second-order valence-corrected chi connectivity index (χ2v) is 11.6. The minimum atomic E-state index is -3.60. The van der Waals surface area contributed by atoms with Crippen molar-refractivity contribution in [2.45, 2.75) is 57.8 Å². The minimum absolute atomic E-state index is 0.144. The van der Waals surface area contributed by atoms with Crippen molar-refractivity contribution in [3.05, 3.63) is 45.8 Å². The van der Waals surface area contributed by atoms with Gasteiger partial charge in [0.25, 0.3) is 5.91 Å². The molecule has 1 N–H and O–H groups in total. The van der Waals surface area contributed by atoms with Crippen molar-refractivity contribution in [3.8, 4) is 0 Å². The summed E-state index contributed by atoms with van der Waals surface area (Å²) in [5, 5.41) is 3.36. The zero-order chi connectivity index (χ0) is 24.2. The van der Waals surface area contributed by atoms with Crippen LogP contribution in [0.2, 0.25) is 0 Å². The molecule has 33 heavy (non-hydrogen) atoms. The predicted molar refractivity (Wildman–Crippen MR) is 131 cm³/mol. The van der Waals surface area contributed by atoms with Crippen LogP contribution in [0, 0.1) is 5.92 Å². The van der Waals surface area contributed by atoms with Crippen LogP contribution in [0.5, 0.6) is 0 Å².